The maximum Gasteiger partial charge on any atom is 0.230 e. The molecule has 0 atom stereocenters. The summed E-state index contributed by atoms with van der Waals surface area (Å²) in [6.07, 6.45) is 3.72. The molecule has 0 saturated carbocycles. The number of hydrogen-bond donors (Lipinski definition) is 1. The lowest BCUT2D eigenvalue weighted by molar-refractivity contribution is -0.115. The van der Waals surface area contributed by atoms with Crippen molar-refractivity contribution in [2.45, 2.75) is 6.42 Å². The molecule has 5 nitrogen and oxygen atoms in total. The van der Waals surface area contributed by atoms with Crippen LogP contribution < -0.4 is 5.32 Å². The zero-order valence-electron chi connectivity index (χ0n) is 6.69. The van der Waals surface area contributed by atoms with Gasteiger partial charge in [0, 0.05) is 6.07 Å². The normalized spacial score (nSPS) is 14.6. The SMILES string of the molecule is O=C1Cc2c(cnc3ccnn23)N1. The van der Waals surface area contributed by atoms with E-state index in [-0.39, 0.29) is 5.91 Å². The van der Waals surface area contributed by atoms with Crippen LogP contribution in [0.25, 0.3) is 5.65 Å². The number of amides is 1. The third-order valence-electron chi connectivity index (χ3n) is 2.12. The predicted octanol–water partition coefficient (Wildman–Crippen LogP) is 0.224. The van der Waals surface area contributed by atoms with E-state index in [0.29, 0.717) is 6.42 Å². The van der Waals surface area contributed by atoms with Gasteiger partial charge in [-0.3, -0.25) is 4.79 Å². The summed E-state index contributed by atoms with van der Waals surface area (Å²) in [5.74, 6) is -0.000185. The van der Waals surface area contributed by atoms with Gasteiger partial charge in [0.25, 0.3) is 0 Å². The molecular weight excluding hydrogens is 168 g/mol. The molecular formula is C8H6N4O. The highest BCUT2D eigenvalue weighted by atomic mass is 16.1. The predicted molar refractivity (Wildman–Crippen MR) is 45.3 cm³/mol. The maximum absolute atomic E-state index is 11.1. The first-order valence-electron chi connectivity index (χ1n) is 3.96. The molecule has 1 aliphatic rings. The molecule has 0 saturated heterocycles. The Bertz CT molecular complexity index is 502. The number of rotatable bonds is 0. The molecule has 1 amide bonds. The highest BCUT2D eigenvalue weighted by Crippen LogP contribution is 2.21. The molecule has 0 radical (unpaired) electrons. The number of carbonyl (C=O) groups excluding carboxylic acids is 1. The molecule has 3 rings (SSSR count). The molecule has 0 aromatic carbocycles. The monoisotopic (exact) mass is 174 g/mol. The molecule has 1 aliphatic heterocycles. The molecule has 0 bridgehead atoms. The lowest BCUT2D eigenvalue weighted by Crippen LogP contribution is -2.03. The summed E-state index contributed by atoms with van der Waals surface area (Å²) < 4.78 is 1.69. The molecule has 3 heterocycles. The minimum Gasteiger partial charge on any atom is -0.323 e. The number of fused-ring (bicyclic) bond motifs is 3. The number of nitrogens with one attached hydrogen (secondary N) is 1. The largest absolute Gasteiger partial charge is 0.323 e. The van der Waals surface area contributed by atoms with Gasteiger partial charge in [0.1, 0.15) is 0 Å². The Morgan fingerprint density at radius 1 is 1.54 bits per heavy atom. The van der Waals surface area contributed by atoms with E-state index in [9.17, 15) is 4.79 Å². The molecule has 1 N–H and O–H groups in total. The third kappa shape index (κ3) is 0.780. The molecule has 64 valence electrons. The van der Waals surface area contributed by atoms with E-state index in [4.69, 9.17) is 0 Å². The van der Waals surface area contributed by atoms with Gasteiger partial charge < -0.3 is 5.32 Å². The Morgan fingerprint density at radius 3 is 3.38 bits per heavy atom. The lowest BCUT2D eigenvalue weighted by atomic mass is 10.3. The summed E-state index contributed by atoms with van der Waals surface area (Å²) in [5, 5.41) is 6.80. The second-order valence-electron chi connectivity index (χ2n) is 2.94. The van der Waals surface area contributed by atoms with Crippen LogP contribution in [-0.4, -0.2) is 20.5 Å². The van der Waals surface area contributed by atoms with Crippen molar-refractivity contribution in [3.63, 3.8) is 0 Å². The molecule has 2 aromatic heterocycles. The Kier molecular flexibility index (Phi) is 1.05. The Labute approximate surface area is 73.4 Å². The average molecular weight is 174 g/mol. The molecule has 13 heavy (non-hydrogen) atoms. The van der Waals surface area contributed by atoms with Gasteiger partial charge in [0.05, 0.1) is 30.2 Å². The van der Waals surface area contributed by atoms with Crippen LogP contribution in [0.3, 0.4) is 0 Å². The second-order valence-corrected chi connectivity index (χ2v) is 2.94. The van der Waals surface area contributed by atoms with Crippen LogP contribution in [0.1, 0.15) is 5.69 Å². The van der Waals surface area contributed by atoms with Crippen molar-refractivity contribution >= 4 is 17.2 Å². The maximum atomic E-state index is 11.1. The Hall–Kier alpha value is -1.91. The van der Waals surface area contributed by atoms with Crippen LogP contribution in [0.4, 0.5) is 5.69 Å². The van der Waals surface area contributed by atoms with E-state index in [2.05, 4.69) is 15.4 Å². The summed E-state index contributed by atoms with van der Waals surface area (Å²) >= 11 is 0. The standard InChI is InChI=1S/C8H6N4O/c13-8-3-6-5(11-8)4-9-7-1-2-10-12(6)7/h1-2,4H,3H2,(H,11,13). The fraction of sp³-hybridized carbons (Fsp3) is 0.125. The van der Waals surface area contributed by atoms with Gasteiger partial charge in [-0.1, -0.05) is 0 Å². The number of carbonyl (C=O) groups is 1. The van der Waals surface area contributed by atoms with Crippen molar-refractivity contribution in [3.8, 4) is 0 Å². The molecule has 2 aromatic rings. The van der Waals surface area contributed by atoms with Gasteiger partial charge in [-0.25, -0.2) is 9.50 Å². The fourth-order valence-corrected chi connectivity index (χ4v) is 1.54. The number of anilines is 1. The Balaban J connectivity index is 2.40. The minimum atomic E-state index is -0.000185. The van der Waals surface area contributed by atoms with E-state index < -0.39 is 0 Å². The van der Waals surface area contributed by atoms with Gasteiger partial charge in [-0.15, -0.1) is 0 Å². The molecule has 0 unspecified atom stereocenters. The second kappa shape index (κ2) is 2.07. The van der Waals surface area contributed by atoms with Crippen LogP contribution in [0.2, 0.25) is 0 Å². The van der Waals surface area contributed by atoms with Crippen LogP contribution in [0.15, 0.2) is 18.5 Å². The van der Waals surface area contributed by atoms with Crippen molar-refractivity contribution < 1.29 is 4.79 Å². The van der Waals surface area contributed by atoms with Crippen molar-refractivity contribution in [1.82, 2.24) is 14.6 Å². The first kappa shape index (κ1) is 6.59. The molecule has 0 spiro atoms. The van der Waals surface area contributed by atoms with E-state index >= 15 is 0 Å². The van der Waals surface area contributed by atoms with Crippen molar-refractivity contribution in [2.24, 2.45) is 0 Å². The van der Waals surface area contributed by atoms with Crippen LogP contribution in [-0.2, 0) is 11.2 Å². The minimum absolute atomic E-state index is 0.000185. The summed E-state index contributed by atoms with van der Waals surface area (Å²) in [4.78, 5) is 15.2. The first-order valence-corrected chi connectivity index (χ1v) is 3.96. The van der Waals surface area contributed by atoms with E-state index in [1.54, 1.807) is 16.9 Å². The molecule has 0 aliphatic carbocycles. The summed E-state index contributed by atoms with van der Waals surface area (Å²) in [6.45, 7) is 0. The van der Waals surface area contributed by atoms with Crippen LogP contribution in [0.5, 0.6) is 0 Å². The van der Waals surface area contributed by atoms with Gasteiger partial charge in [-0.2, -0.15) is 5.10 Å². The van der Waals surface area contributed by atoms with Gasteiger partial charge >= 0.3 is 0 Å². The highest BCUT2D eigenvalue weighted by Gasteiger charge is 2.20. The molecule has 0 fully saturated rings. The van der Waals surface area contributed by atoms with E-state index in [0.717, 1.165) is 17.0 Å². The fourth-order valence-electron chi connectivity index (χ4n) is 1.54. The highest BCUT2D eigenvalue weighted by molar-refractivity contribution is 5.98. The first-order chi connectivity index (χ1) is 6.34. The smallest absolute Gasteiger partial charge is 0.230 e. The zero-order valence-corrected chi connectivity index (χ0v) is 6.69. The van der Waals surface area contributed by atoms with Crippen LogP contribution >= 0.6 is 0 Å². The quantitative estimate of drug-likeness (QED) is 0.621. The van der Waals surface area contributed by atoms with Crippen LogP contribution in [0, 0.1) is 0 Å². The zero-order chi connectivity index (χ0) is 8.84. The van der Waals surface area contributed by atoms with Gasteiger partial charge in [-0.05, 0) is 0 Å². The number of hydrogen-bond acceptors (Lipinski definition) is 3. The summed E-state index contributed by atoms with van der Waals surface area (Å²) in [7, 11) is 0. The van der Waals surface area contributed by atoms with E-state index in [1.807, 2.05) is 6.07 Å². The topological polar surface area (TPSA) is 59.3 Å². The number of aromatic nitrogens is 3. The summed E-state index contributed by atoms with van der Waals surface area (Å²) in [6, 6.07) is 1.81. The summed E-state index contributed by atoms with van der Waals surface area (Å²) in [5.41, 5.74) is 2.43. The molecule has 5 heteroatoms. The average Bonchev–Trinajstić information content (AvgIpc) is 2.65. The third-order valence-corrected chi connectivity index (χ3v) is 2.12. The number of nitrogens with zero attached hydrogens (tertiary/aromatic N) is 3. The Morgan fingerprint density at radius 2 is 2.46 bits per heavy atom. The van der Waals surface area contributed by atoms with Crippen molar-refractivity contribution in [1.29, 1.82) is 0 Å². The van der Waals surface area contributed by atoms with Crippen molar-refractivity contribution in [3.05, 3.63) is 24.2 Å². The van der Waals surface area contributed by atoms with Crippen molar-refractivity contribution in [2.75, 3.05) is 5.32 Å². The van der Waals surface area contributed by atoms with Gasteiger partial charge in [0.2, 0.25) is 5.91 Å². The lowest BCUT2D eigenvalue weighted by Gasteiger charge is -1.99. The van der Waals surface area contributed by atoms with E-state index in [1.165, 1.54) is 0 Å². The van der Waals surface area contributed by atoms with Gasteiger partial charge in [0.15, 0.2) is 5.65 Å².